The maximum atomic E-state index is 11.7. The highest BCUT2D eigenvalue weighted by molar-refractivity contribution is 8.39. The molecule has 1 N–H and O–H groups in total. The Balaban J connectivity index is 1.84. The summed E-state index contributed by atoms with van der Waals surface area (Å²) in [6, 6.07) is 5.01. The van der Waals surface area contributed by atoms with E-state index >= 15 is 0 Å². The molecule has 0 saturated heterocycles. The number of carbonyl (C=O) groups is 1. The monoisotopic (exact) mass is 320 g/mol. The molecule has 1 aliphatic heterocycles. The lowest BCUT2D eigenvalue weighted by molar-refractivity contribution is -0.113. The fourth-order valence-electron chi connectivity index (χ4n) is 1.30. The number of benzene rings is 1. The van der Waals surface area contributed by atoms with Crippen LogP contribution in [0.1, 0.15) is 0 Å². The van der Waals surface area contributed by atoms with Crippen LogP contribution in [-0.4, -0.2) is 28.3 Å². The maximum absolute atomic E-state index is 11.7. The van der Waals surface area contributed by atoms with Crippen molar-refractivity contribution in [2.75, 3.05) is 23.4 Å². The number of aliphatic imine (C=N–C) groups is 1. The van der Waals surface area contributed by atoms with Crippen molar-refractivity contribution in [2.24, 2.45) is 4.99 Å². The van der Waals surface area contributed by atoms with Gasteiger partial charge < -0.3 is 5.32 Å². The first kappa shape index (κ1) is 14.1. The van der Waals surface area contributed by atoms with Crippen molar-refractivity contribution in [3.05, 3.63) is 28.2 Å². The molecule has 1 aromatic rings. The predicted octanol–water partition coefficient (Wildman–Crippen LogP) is 3.77. The molecule has 0 spiro atoms. The molecule has 1 aromatic carbocycles. The van der Waals surface area contributed by atoms with Crippen LogP contribution in [0.2, 0.25) is 10.0 Å². The molecule has 1 aliphatic rings. The van der Waals surface area contributed by atoms with E-state index in [1.807, 2.05) is 0 Å². The largest absolute Gasteiger partial charge is 0.325 e. The molecule has 0 fully saturated rings. The zero-order valence-electron chi connectivity index (χ0n) is 9.28. The van der Waals surface area contributed by atoms with Crippen LogP contribution in [0, 0.1) is 0 Å². The summed E-state index contributed by atoms with van der Waals surface area (Å²) in [6.07, 6.45) is 0. The van der Waals surface area contributed by atoms with E-state index < -0.39 is 0 Å². The van der Waals surface area contributed by atoms with Gasteiger partial charge in [-0.1, -0.05) is 46.7 Å². The molecule has 1 heterocycles. The van der Waals surface area contributed by atoms with Gasteiger partial charge in [0, 0.05) is 11.4 Å². The van der Waals surface area contributed by atoms with E-state index in [4.69, 9.17) is 23.2 Å². The highest BCUT2D eigenvalue weighted by atomic mass is 35.5. The standard InChI is InChI=1S/C11H10Cl2N2OS2/c12-8-2-1-7(5-9(8)13)15-10(16)6-18-11-14-3-4-17-11/h1-2,5H,3-4,6H2,(H,15,16). The van der Waals surface area contributed by atoms with Gasteiger partial charge in [-0.05, 0) is 18.2 Å². The third-order valence-corrected chi connectivity index (χ3v) is 5.08. The number of amides is 1. The molecule has 18 heavy (non-hydrogen) atoms. The van der Waals surface area contributed by atoms with Crippen LogP contribution >= 0.6 is 46.7 Å². The molecule has 1 amide bonds. The quantitative estimate of drug-likeness (QED) is 0.921. The first-order chi connectivity index (χ1) is 8.65. The smallest absolute Gasteiger partial charge is 0.234 e. The van der Waals surface area contributed by atoms with Gasteiger partial charge in [-0.2, -0.15) is 0 Å². The van der Waals surface area contributed by atoms with Gasteiger partial charge in [-0.15, -0.1) is 0 Å². The van der Waals surface area contributed by atoms with Crippen molar-refractivity contribution in [2.45, 2.75) is 0 Å². The molecule has 0 unspecified atom stereocenters. The number of halogens is 2. The minimum atomic E-state index is -0.0754. The van der Waals surface area contributed by atoms with Crippen LogP contribution < -0.4 is 5.32 Å². The molecular weight excluding hydrogens is 311 g/mol. The Hall–Kier alpha value is -0.360. The van der Waals surface area contributed by atoms with E-state index in [1.54, 1.807) is 30.0 Å². The van der Waals surface area contributed by atoms with Crippen molar-refractivity contribution in [3.8, 4) is 0 Å². The van der Waals surface area contributed by atoms with Gasteiger partial charge in [0.2, 0.25) is 5.91 Å². The molecule has 2 rings (SSSR count). The van der Waals surface area contributed by atoms with Crippen LogP contribution in [0.25, 0.3) is 0 Å². The lowest BCUT2D eigenvalue weighted by Gasteiger charge is -2.06. The summed E-state index contributed by atoms with van der Waals surface area (Å²) in [7, 11) is 0. The molecule has 96 valence electrons. The predicted molar refractivity (Wildman–Crippen MR) is 82.3 cm³/mol. The number of rotatable bonds is 3. The van der Waals surface area contributed by atoms with E-state index in [9.17, 15) is 4.79 Å². The number of carbonyl (C=O) groups excluding carboxylic acids is 1. The van der Waals surface area contributed by atoms with Crippen molar-refractivity contribution < 1.29 is 4.79 Å². The summed E-state index contributed by atoms with van der Waals surface area (Å²) in [4.78, 5) is 16.0. The van der Waals surface area contributed by atoms with Gasteiger partial charge in [-0.25, -0.2) is 0 Å². The minimum absolute atomic E-state index is 0.0754. The number of hydrogen-bond acceptors (Lipinski definition) is 4. The summed E-state index contributed by atoms with van der Waals surface area (Å²) >= 11 is 14.8. The Bertz CT molecular complexity index is 494. The van der Waals surface area contributed by atoms with Crippen molar-refractivity contribution in [1.29, 1.82) is 0 Å². The number of thioether (sulfide) groups is 2. The molecule has 7 heteroatoms. The van der Waals surface area contributed by atoms with E-state index in [-0.39, 0.29) is 5.91 Å². The zero-order chi connectivity index (χ0) is 13.0. The van der Waals surface area contributed by atoms with Crippen LogP contribution in [0.3, 0.4) is 0 Å². The Morgan fingerprint density at radius 3 is 2.94 bits per heavy atom. The van der Waals surface area contributed by atoms with E-state index in [2.05, 4.69) is 10.3 Å². The Morgan fingerprint density at radius 2 is 2.28 bits per heavy atom. The SMILES string of the molecule is O=C(CSC1=NCCS1)Nc1ccc(Cl)c(Cl)c1. The Kier molecular flexibility index (Phi) is 5.24. The second-order valence-corrected chi connectivity index (χ2v) is 6.58. The molecule has 0 bridgehead atoms. The molecule has 0 atom stereocenters. The number of nitrogens with one attached hydrogen (secondary N) is 1. The summed E-state index contributed by atoms with van der Waals surface area (Å²) in [5.41, 5.74) is 0.649. The van der Waals surface area contributed by atoms with Crippen molar-refractivity contribution in [1.82, 2.24) is 0 Å². The average Bonchev–Trinajstić information content (AvgIpc) is 2.84. The first-order valence-electron chi connectivity index (χ1n) is 5.20. The summed E-state index contributed by atoms with van der Waals surface area (Å²) in [5.74, 6) is 1.29. The number of hydrogen-bond donors (Lipinski definition) is 1. The van der Waals surface area contributed by atoms with E-state index in [0.717, 1.165) is 16.7 Å². The van der Waals surface area contributed by atoms with Gasteiger partial charge in [0.05, 0.1) is 22.3 Å². The fraction of sp³-hybridized carbons (Fsp3) is 0.273. The third-order valence-electron chi connectivity index (χ3n) is 2.09. The van der Waals surface area contributed by atoms with Crippen LogP contribution in [0.5, 0.6) is 0 Å². The van der Waals surface area contributed by atoms with Gasteiger partial charge in [0.15, 0.2) is 0 Å². The van der Waals surface area contributed by atoms with Gasteiger partial charge >= 0.3 is 0 Å². The third kappa shape index (κ3) is 4.09. The van der Waals surface area contributed by atoms with Crippen molar-refractivity contribution >= 4 is 62.7 Å². The summed E-state index contributed by atoms with van der Waals surface area (Å²) in [5, 5.41) is 3.67. The topological polar surface area (TPSA) is 41.5 Å². The Labute approximate surface area is 124 Å². The van der Waals surface area contributed by atoms with Crippen LogP contribution in [-0.2, 0) is 4.79 Å². The summed E-state index contributed by atoms with van der Waals surface area (Å²) in [6.45, 7) is 0.849. The van der Waals surface area contributed by atoms with Gasteiger partial charge in [-0.3, -0.25) is 9.79 Å². The minimum Gasteiger partial charge on any atom is -0.325 e. The lowest BCUT2D eigenvalue weighted by atomic mass is 10.3. The summed E-state index contributed by atoms with van der Waals surface area (Å²) < 4.78 is 0.985. The van der Waals surface area contributed by atoms with E-state index in [1.165, 1.54) is 11.8 Å². The number of nitrogens with zero attached hydrogens (tertiary/aromatic N) is 1. The molecule has 0 aliphatic carbocycles. The van der Waals surface area contributed by atoms with Crippen molar-refractivity contribution in [3.63, 3.8) is 0 Å². The molecule has 0 aromatic heterocycles. The molecule has 0 saturated carbocycles. The normalized spacial score (nSPS) is 14.4. The second kappa shape index (κ2) is 6.70. The van der Waals surface area contributed by atoms with E-state index in [0.29, 0.717) is 21.5 Å². The number of anilines is 1. The first-order valence-corrected chi connectivity index (χ1v) is 7.93. The maximum Gasteiger partial charge on any atom is 0.234 e. The fourth-order valence-corrected chi connectivity index (χ4v) is 3.41. The molecule has 3 nitrogen and oxygen atoms in total. The molecule has 0 radical (unpaired) electrons. The van der Waals surface area contributed by atoms with Crippen LogP contribution in [0.4, 0.5) is 5.69 Å². The lowest BCUT2D eigenvalue weighted by Crippen LogP contribution is -2.14. The zero-order valence-corrected chi connectivity index (χ0v) is 12.4. The van der Waals surface area contributed by atoms with Gasteiger partial charge in [0.1, 0.15) is 4.38 Å². The highest BCUT2D eigenvalue weighted by Gasteiger charge is 2.11. The van der Waals surface area contributed by atoms with Gasteiger partial charge in [0.25, 0.3) is 0 Å². The Morgan fingerprint density at radius 1 is 1.44 bits per heavy atom. The second-order valence-electron chi connectivity index (χ2n) is 3.46. The highest BCUT2D eigenvalue weighted by Crippen LogP contribution is 2.25. The van der Waals surface area contributed by atoms with Crippen LogP contribution in [0.15, 0.2) is 23.2 Å². The molecular formula is C11H10Cl2N2OS2. The average molecular weight is 321 g/mol.